The first-order valence-corrected chi connectivity index (χ1v) is 13.1. The number of nitrogens with one attached hydrogen (secondary N) is 1. The lowest BCUT2D eigenvalue weighted by atomic mass is 9.95. The third kappa shape index (κ3) is 5.72. The minimum absolute atomic E-state index is 0.286. The fraction of sp³-hybridized carbons (Fsp3) is 0.484. The van der Waals surface area contributed by atoms with Crippen LogP contribution in [0, 0.1) is 11.3 Å². The van der Waals surface area contributed by atoms with Crippen LogP contribution in [0.15, 0.2) is 77.6 Å². The predicted octanol–water partition coefficient (Wildman–Crippen LogP) is 8.49. The standard InChI is InChI=1S/C31H42N2/c1-6-9-29(24-11-12-24)26-21-28(17-18-31(22-26)19-20-31)33(5)30(10-7-2)25-13-15-27(16-14-25)32-23(4)8-3/h9-10,13-18,21-24,32H,6-8,11-12,19-20H2,1-5H3/b29-9-,30-10+. The molecule has 2 heteroatoms. The Morgan fingerprint density at radius 1 is 1.09 bits per heavy atom. The number of allylic oxidation sites excluding steroid dienone is 8. The van der Waals surface area contributed by atoms with Crippen molar-refractivity contribution in [1.29, 1.82) is 0 Å². The third-order valence-electron chi connectivity index (χ3n) is 7.29. The van der Waals surface area contributed by atoms with E-state index in [1.165, 1.54) is 53.9 Å². The highest BCUT2D eigenvalue weighted by Gasteiger charge is 2.40. The van der Waals surface area contributed by atoms with Crippen molar-refractivity contribution < 1.29 is 0 Å². The van der Waals surface area contributed by atoms with E-state index in [-0.39, 0.29) is 5.41 Å². The molecule has 0 aromatic heterocycles. The first kappa shape index (κ1) is 23.7. The minimum atomic E-state index is 0.286. The van der Waals surface area contributed by atoms with Gasteiger partial charge in [0.05, 0.1) is 0 Å². The van der Waals surface area contributed by atoms with E-state index >= 15 is 0 Å². The Morgan fingerprint density at radius 3 is 2.36 bits per heavy atom. The fourth-order valence-corrected chi connectivity index (χ4v) is 4.73. The molecule has 2 fully saturated rings. The molecule has 1 aromatic rings. The van der Waals surface area contributed by atoms with Gasteiger partial charge in [0.25, 0.3) is 0 Å². The lowest BCUT2D eigenvalue weighted by Crippen LogP contribution is -2.16. The number of likely N-dealkylation sites (N-methyl/N-ethyl adjacent to an activating group) is 1. The van der Waals surface area contributed by atoms with Crippen LogP contribution in [0.2, 0.25) is 0 Å². The Kier molecular flexibility index (Phi) is 7.32. The molecular weight excluding hydrogens is 400 g/mol. The van der Waals surface area contributed by atoms with Gasteiger partial charge >= 0.3 is 0 Å². The van der Waals surface area contributed by atoms with Gasteiger partial charge in [-0.1, -0.05) is 57.2 Å². The average Bonchev–Trinajstić information content (AvgIpc) is 3.74. The quantitative estimate of drug-likeness (QED) is 0.391. The van der Waals surface area contributed by atoms with Gasteiger partial charge < -0.3 is 10.2 Å². The fourth-order valence-electron chi connectivity index (χ4n) is 4.73. The smallest absolute Gasteiger partial charge is 0.0441 e. The van der Waals surface area contributed by atoms with Crippen LogP contribution in [-0.2, 0) is 0 Å². The van der Waals surface area contributed by atoms with Gasteiger partial charge in [0.2, 0.25) is 0 Å². The first-order valence-electron chi connectivity index (χ1n) is 13.1. The van der Waals surface area contributed by atoms with Crippen molar-refractivity contribution in [3.63, 3.8) is 0 Å². The SMILES string of the molecule is CC/C=C(\C1=CC2(C=CC(N(C)/C(=C/CC)c3ccc(NC(C)CC)cc3)=C1)CC2)C1CC1. The summed E-state index contributed by atoms with van der Waals surface area (Å²) >= 11 is 0. The van der Waals surface area contributed by atoms with E-state index in [2.05, 4.69) is 106 Å². The van der Waals surface area contributed by atoms with Gasteiger partial charge in [0.1, 0.15) is 0 Å². The molecule has 3 aliphatic rings. The molecule has 0 saturated heterocycles. The average molecular weight is 443 g/mol. The lowest BCUT2D eigenvalue weighted by Gasteiger charge is -2.25. The molecular formula is C31H42N2. The van der Waals surface area contributed by atoms with E-state index in [0.717, 1.165) is 25.2 Å². The monoisotopic (exact) mass is 442 g/mol. The zero-order valence-electron chi connectivity index (χ0n) is 21.3. The molecule has 176 valence electrons. The summed E-state index contributed by atoms with van der Waals surface area (Å²) < 4.78 is 0. The summed E-state index contributed by atoms with van der Waals surface area (Å²) in [6, 6.07) is 9.44. The van der Waals surface area contributed by atoms with E-state index in [1.807, 2.05) is 0 Å². The number of rotatable bonds is 10. The maximum atomic E-state index is 3.58. The molecule has 1 spiro atoms. The van der Waals surface area contributed by atoms with Crippen LogP contribution in [0.1, 0.15) is 78.2 Å². The Balaban J connectivity index is 1.63. The molecule has 1 aromatic carbocycles. The van der Waals surface area contributed by atoms with E-state index < -0.39 is 0 Å². The van der Waals surface area contributed by atoms with Crippen molar-refractivity contribution in [1.82, 2.24) is 4.90 Å². The van der Waals surface area contributed by atoms with Gasteiger partial charge in [-0.2, -0.15) is 0 Å². The topological polar surface area (TPSA) is 15.3 Å². The predicted molar refractivity (Wildman–Crippen MR) is 144 cm³/mol. The van der Waals surface area contributed by atoms with Crippen molar-refractivity contribution in [2.45, 2.75) is 78.7 Å². The molecule has 1 unspecified atom stereocenters. The Bertz CT molecular complexity index is 978. The zero-order valence-corrected chi connectivity index (χ0v) is 21.3. The largest absolute Gasteiger partial charge is 0.383 e. The highest BCUT2D eigenvalue weighted by atomic mass is 15.1. The Labute approximate surface area is 201 Å². The van der Waals surface area contributed by atoms with Crippen molar-refractivity contribution in [3.8, 4) is 0 Å². The van der Waals surface area contributed by atoms with Crippen molar-refractivity contribution in [2.75, 3.05) is 12.4 Å². The van der Waals surface area contributed by atoms with Gasteiger partial charge in [0, 0.05) is 35.6 Å². The summed E-state index contributed by atoms with van der Waals surface area (Å²) in [4.78, 5) is 2.39. The molecule has 0 bridgehead atoms. The van der Waals surface area contributed by atoms with Crippen molar-refractivity contribution >= 4 is 11.4 Å². The molecule has 0 aliphatic heterocycles. The second kappa shape index (κ2) is 10.2. The van der Waals surface area contributed by atoms with E-state index in [0.29, 0.717) is 6.04 Å². The molecule has 3 aliphatic carbocycles. The molecule has 0 radical (unpaired) electrons. The number of hydrogen-bond donors (Lipinski definition) is 1. The van der Waals surface area contributed by atoms with Crippen molar-refractivity contribution in [3.05, 3.63) is 83.1 Å². The zero-order chi connectivity index (χ0) is 23.4. The number of nitrogens with zero attached hydrogens (tertiary/aromatic N) is 1. The highest BCUT2D eigenvalue weighted by Crippen LogP contribution is 2.53. The number of anilines is 1. The molecule has 33 heavy (non-hydrogen) atoms. The van der Waals surface area contributed by atoms with Crippen molar-refractivity contribution in [2.24, 2.45) is 11.3 Å². The minimum Gasteiger partial charge on any atom is -0.383 e. The van der Waals surface area contributed by atoms with Gasteiger partial charge in [-0.15, -0.1) is 0 Å². The molecule has 0 heterocycles. The molecule has 0 amide bonds. The molecule has 2 saturated carbocycles. The van der Waals surface area contributed by atoms with Crippen LogP contribution in [0.3, 0.4) is 0 Å². The maximum Gasteiger partial charge on any atom is 0.0441 e. The van der Waals surface area contributed by atoms with Gasteiger partial charge in [0.15, 0.2) is 0 Å². The van der Waals surface area contributed by atoms with Crippen LogP contribution in [0.25, 0.3) is 5.70 Å². The maximum absolute atomic E-state index is 3.58. The Morgan fingerprint density at radius 2 is 1.79 bits per heavy atom. The molecule has 1 N–H and O–H groups in total. The summed E-state index contributed by atoms with van der Waals surface area (Å²) in [5.74, 6) is 0.768. The second-order valence-corrected chi connectivity index (χ2v) is 10.2. The van der Waals surface area contributed by atoms with Gasteiger partial charge in [-0.05, 0) is 98.8 Å². The summed E-state index contributed by atoms with van der Waals surface area (Å²) in [6.45, 7) is 8.94. The van der Waals surface area contributed by atoms with Crippen LogP contribution in [-0.4, -0.2) is 18.0 Å². The van der Waals surface area contributed by atoms with Crippen LogP contribution >= 0.6 is 0 Å². The van der Waals surface area contributed by atoms with Crippen LogP contribution < -0.4 is 5.32 Å². The highest BCUT2D eigenvalue weighted by molar-refractivity contribution is 5.68. The normalized spacial score (nSPS) is 20.8. The summed E-state index contributed by atoms with van der Waals surface area (Å²) in [6.07, 6.45) is 23.2. The molecule has 1 atom stereocenters. The Hall–Kier alpha value is -2.48. The first-order chi connectivity index (χ1) is 16.0. The summed E-state index contributed by atoms with van der Waals surface area (Å²) in [7, 11) is 2.23. The van der Waals surface area contributed by atoms with Crippen LogP contribution in [0.5, 0.6) is 0 Å². The second-order valence-electron chi connectivity index (χ2n) is 10.2. The van der Waals surface area contributed by atoms with E-state index in [1.54, 1.807) is 5.57 Å². The summed E-state index contributed by atoms with van der Waals surface area (Å²) in [5, 5.41) is 3.58. The van der Waals surface area contributed by atoms with E-state index in [9.17, 15) is 0 Å². The van der Waals surface area contributed by atoms with Crippen LogP contribution in [0.4, 0.5) is 5.69 Å². The number of hydrogen-bond acceptors (Lipinski definition) is 2. The van der Waals surface area contributed by atoms with Gasteiger partial charge in [-0.3, -0.25) is 0 Å². The van der Waals surface area contributed by atoms with Gasteiger partial charge in [-0.25, -0.2) is 0 Å². The third-order valence-corrected chi connectivity index (χ3v) is 7.29. The number of benzene rings is 1. The molecule has 2 nitrogen and oxygen atoms in total. The van der Waals surface area contributed by atoms with E-state index in [4.69, 9.17) is 0 Å². The molecule has 4 rings (SSSR count). The summed E-state index contributed by atoms with van der Waals surface area (Å²) in [5.41, 5.74) is 8.36. The lowest BCUT2D eigenvalue weighted by molar-refractivity contribution is 0.613.